The van der Waals surface area contributed by atoms with Gasteiger partial charge in [-0.25, -0.2) is 9.67 Å². The maximum atomic E-state index is 12.5. The second-order valence-corrected chi connectivity index (χ2v) is 7.92. The van der Waals surface area contributed by atoms with Gasteiger partial charge in [-0.2, -0.15) is 0 Å². The average Bonchev–Trinajstić information content (AvgIpc) is 3.16. The van der Waals surface area contributed by atoms with Crippen LogP contribution in [0.25, 0.3) is 11.4 Å². The van der Waals surface area contributed by atoms with Crippen LogP contribution in [0.1, 0.15) is 35.1 Å². The number of aromatic nitrogens is 5. The summed E-state index contributed by atoms with van der Waals surface area (Å²) in [6, 6.07) is 11.0. The van der Waals surface area contributed by atoms with Gasteiger partial charge in [0.25, 0.3) is 5.91 Å². The van der Waals surface area contributed by atoms with Crippen LogP contribution in [0.4, 0.5) is 10.8 Å². The molecule has 0 bridgehead atoms. The highest BCUT2D eigenvalue weighted by Gasteiger charge is 2.28. The molecule has 1 fully saturated rings. The molecule has 0 unspecified atom stereocenters. The first kappa shape index (κ1) is 19.1. The Morgan fingerprint density at radius 2 is 2.10 bits per heavy atom. The fraction of sp³-hybridized carbons (Fsp3) is 0.200. The molecule has 0 aliphatic heterocycles. The summed E-state index contributed by atoms with van der Waals surface area (Å²) in [5.41, 5.74) is 2.05. The van der Waals surface area contributed by atoms with Crippen LogP contribution >= 0.6 is 11.3 Å². The van der Waals surface area contributed by atoms with E-state index in [1.807, 2.05) is 28.9 Å². The summed E-state index contributed by atoms with van der Waals surface area (Å²) >= 11 is 1.24. The molecule has 5 rings (SSSR count). The Balaban J connectivity index is 1.22. The Kier molecular flexibility index (Phi) is 5.00. The number of thiazole rings is 1. The third-order valence-electron chi connectivity index (χ3n) is 4.65. The van der Waals surface area contributed by atoms with Crippen molar-refractivity contribution in [3.63, 3.8) is 0 Å². The van der Waals surface area contributed by atoms with E-state index in [-0.39, 0.29) is 24.0 Å². The number of rotatable bonds is 7. The van der Waals surface area contributed by atoms with Crippen molar-refractivity contribution in [2.75, 3.05) is 10.6 Å². The molecule has 0 spiro atoms. The zero-order chi connectivity index (χ0) is 21.2. The largest absolute Gasteiger partial charge is 0.459 e. The normalized spacial score (nSPS) is 13.2. The lowest BCUT2D eigenvalue weighted by Gasteiger charge is -2.07. The van der Waals surface area contributed by atoms with Crippen LogP contribution in [0.3, 0.4) is 0 Å². The maximum absolute atomic E-state index is 12.5. The van der Waals surface area contributed by atoms with Crippen molar-refractivity contribution in [1.82, 2.24) is 25.2 Å². The summed E-state index contributed by atoms with van der Waals surface area (Å²) < 4.78 is 6.88. The van der Waals surface area contributed by atoms with E-state index in [9.17, 15) is 9.59 Å². The molecule has 1 aliphatic carbocycles. The zero-order valence-electron chi connectivity index (χ0n) is 16.2. The second-order valence-electron chi connectivity index (χ2n) is 7.06. The quantitative estimate of drug-likeness (QED) is 0.456. The molecule has 31 heavy (non-hydrogen) atoms. The van der Waals surface area contributed by atoms with Gasteiger partial charge in [-0.1, -0.05) is 12.1 Å². The molecule has 0 saturated heterocycles. The summed E-state index contributed by atoms with van der Waals surface area (Å²) in [5.74, 6) is 0.283. The number of hydrogen-bond acceptors (Lipinski definition) is 8. The van der Waals surface area contributed by atoms with Gasteiger partial charge in [0.05, 0.1) is 24.4 Å². The number of carbonyl (C=O) groups is 2. The molecule has 2 amide bonds. The van der Waals surface area contributed by atoms with Crippen molar-refractivity contribution < 1.29 is 14.0 Å². The minimum Gasteiger partial charge on any atom is -0.459 e. The molecule has 1 aromatic carbocycles. The van der Waals surface area contributed by atoms with E-state index >= 15 is 0 Å². The SMILES string of the molecule is O=C(Cc1csc(NC(=O)c2ccco2)n1)Nc1cccc(-c2nnnn2C2CC2)c1. The van der Waals surface area contributed by atoms with Crippen LogP contribution in [0.5, 0.6) is 0 Å². The van der Waals surface area contributed by atoms with E-state index in [4.69, 9.17) is 4.42 Å². The van der Waals surface area contributed by atoms with Gasteiger partial charge >= 0.3 is 0 Å². The molecule has 3 heterocycles. The highest BCUT2D eigenvalue weighted by atomic mass is 32.1. The lowest BCUT2D eigenvalue weighted by atomic mass is 10.2. The van der Waals surface area contributed by atoms with Crippen LogP contribution in [0, 0.1) is 0 Å². The molecule has 11 heteroatoms. The number of nitrogens with one attached hydrogen (secondary N) is 2. The van der Waals surface area contributed by atoms with Gasteiger partial charge in [0.1, 0.15) is 0 Å². The lowest BCUT2D eigenvalue weighted by molar-refractivity contribution is -0.115. The van der Waals surface area contributed by atoms with Gasteiger partial charge in [0.2, 0.25) is 5.91 Å². The Hall–Kier alpha value is -3.86. The molecule has 1 aliphatic rings. The zero-order valence-corrected chi connectivity index (χ0v) is 17.0. The molecule has 4 aromatic rings. The van der Waals surface area contributed by atoms with Crippen molar-refractivity contribution in [1.29, 1.82) is 0 Å². The summed E-state index contributed by atoms with van der Waals surface area (Å²) in [7, 11) is 0. The van der Waals surface area contributed by atoms with Gasteiger partial charge < -0.3 is 9.73 Å². The number of tetrazole rings is 1. The standard InChI is InChI=1S/C20H17N7O3S/c28-17(10-14-11-31-20(22-14)23-19(29)16-5-2-8-30-16)21-13-4-1-3-12(9-13)18-24-25-26-27(18)15-6-7-15/h1-5,8-9,11,15H,6-7,10H2,(H,21,28)(H,22,23,29). The van der Waals surface area contributed by atoms with Gasteiger partial charge in [0.15, 0.2) is 16.7 Å². The smallest absolute Gasteiger partial charge is 0.293 e. The first-order chi connectivity index (χ1) is 15.2. The maximum Gasteiger partial charge on any atom is 0.293 e. The molecule has 3 aromatic heterocycles. The number of furan rings is 1. The Bertz CT molecular complexity index is 1230. The van der Waals surface area contributed by atoms with Gasteiger partial charge in [-0.05, 0) is 47.5 Å². The van der Waals surface area contributed by atoms with E-state index in [0.717, 1.165) is 18.4 Å². The van der Waals surface area contributed by atoms with E-state index in [1.165, 1.54) is 17.6 Å². The molecule has 2 N–H and O–H groups in total. The molecular formula is C20H17N7O3S. The van der Waals surface area contributed by atoms with Crippen molar-refractivity contribution >= 4 is 34.0 Å². The van der Waals surface area contributed by atoms with Crippen molar-refractivity contribution in [3.05, 3.63) is 59.5 Å². The highest BCUT2D eigenvalue weighted by Crippen LogP contribution is 2.36. The van der Waals surface area contributed by atoms with E-state index in [2.05, 4.69) is 31.1 Å². The third kappa shape index (κ3) is 4.36. The highest BCUT2D eigenvalue weighted by molar-refractivity contribution is 7.14. The Morgan fingerprint density at radius 3 is 2.90 bits per heavy atom. The first-order valence-electron chi connectivity index (χ1n) is 9.63. The number of anilines is 2. The number of hydrogen-bond donors (Lipinski definition) is 2. The topological polar surface area (TPSA) is 128 Å². The molecule has 0 atom stereocenters. The van der Waals surface area contributed by atoms with Crippen LogP contribution in [-0.4, -0.2) is 37.0 Å². The fourth-order valence-corrected chi connectivity index (χ4v) is 3.77. The number of nitrogens with zero attached hydrogens (tertiary/aromatic N) is 5. The van der Waals surface area contributed by atoms with E-state index < -0.39 is 0 Å². The van der Waals surface area contributed by atoms with Crippen LogP contribution in [0.15, 0.2) is 52.5 Å². The average molecular weight is 435 g/mol. The fourth-order valence-electron chi connectivity index (χ4n) is 3.07. The number of amides is 2. The molecule has 10 nitrogen and oxygen atoms in total. The Morgan fingerprint density at radius 1 is 1.19 bits per heavy atom. The van der Waals surface area contributed by atoms with Crippen LogP contribution in [0.2, 0.25) is 0 Å². The number of carbonyl (C=O) groups excluding carboxylic acids is 2. The van der Waals surface area contributed by atoms with Gasteiger partial charge in [-0.15, -0.1) is 16.4 Å². The summed E-state index contributed by atoms with van der Waals surface area (Å²) in [6.45, 7) is 0. The molecule has 0 radical (unpaired) electrons. The van der Waals surface area contributed by atoms with Crippen LogP contribution < -0.4 is 10.6 Å². The minimum absolute atomic E-state index is 0.0805. The van der Waals surface area contributed by atoms with Gasteiger partial charge in [0, 0.05) is 16.6 Å². The van der Waals surface area contributed by atoms with Crippen LogP contribution in [-0.2, 0) is 11.2 Å². The minimum atomic E-state index is -0.388. The molecule has 1 saturated carbocycles. The molecular weight excluding hydrogens is 418 g/mol. The van der Waals surface area contributed by atoms with E-state index in [1.54, 1.807) is 17.5 Å². The lowest BCUT2D eigenvalue weighted by Crippen LogP contribution is -2.15. The predicted molar refractivity (Wildman–Crippen MR) is 113 cm³/mol. The van der Waals surface area contributed by atoms with Crippen molar-refractivity contribution in [3.8, 4) is 11.4 Å². The van der Waals surface area contributed by atoms with Crippen molar-refractivity contribution in [2.24, 2.45) is 0 Å². The summed E-state index contributed by atoms with van der Waals surface area (Å²) in [5, 5.41) is 19.6. The van der Waals surface area contributed by atoms with Crippen molar-refractivity contribution in [2.45, 2.75) is 25.3 Å². The Labute approximate surface area is 180 Å². The van der Waals surface area contributed by atoms with Gasteiger partial charge in [-0.3, -0.25) is 14.9 Å². The number of benzene rings is 1. The second kappa shape index (κ2) is 8.11. The van der Waals surface area contributed by atoms with E-state index in [0.29, 0.717) is 28.4 Å². The first-order valence-corrected chi connectivity index (χ1v) is 10.5. The molecule has 156 valence electrons. The third-order valence-corrected chi connectivity index (χ3v) is 5.46. The monoisotopic (exact) mass is 435 g/mol. The summed E-state index contributed by atoms with van der Waals surface area (Å²) in [6.07, 6.45) is 3.66. The summed E-state index contributed by atoms with van der Waals surface area (Å²) in [4.78, 5) is 28.8. The predicted octanol–water partition coefficient (Wildman–Crippen LogP) is 3.16.